The predicted octanol–water partition coefficient (Wildman–Crippen LogP) is 22.5. The Morgan fingerprint density at radius 2 is 0.718 bits per heavy atom. The number of hydrogen-bond donors (Lipinski definition) is 2. The minimum atomic E-state index is -4.46. The van der Waals surface area contributed by atoms with Crippen LogP contribution in [0.25, 0.3) is 0 Å². The number of ether oxygens (including phenoxy) is 1. The molecule has 0 saturated carbocycles. The van der Waals surface area contributed by atoms with Crippen LogP contribution in [0.15, 0.2) is 109 Å². The Labute approximate surface area is 525 Å². The molecule has 490 valence electrons. The summed E-state index contributed by atoms with van der Waals surface area (Å²) in [6.07, 6.45) is 88.1. The van der Waals surface area contributed by atoms with E-state index in [2.05, 4.69) is 123 Å². The van der Waals surface area contributed by atoms with Gasteiger partial charge in [0.2, 0.25) is 5.91 Å². The number of rotatable bonds is 63. The number of esters is 1. The SMILES string of the molecule is CCCCC/C=C\C/C=C\C/C=C\C/C=C\CCCCCCCCCCCCCC(=O)NC(COP(=O)(O)OCC[N+](C)(C)C)C(/C=C\CCCCCCCCCCC)OC(=O)CCCCCCC/C=C\C/C=C\C/C=C\C/C=C\CCCCC. The van der Waals surface area contributed by atoms with Crippen molar-refractivity contribution in [2.24, 2.45) is 0 Å². The van der Waals surface area contributed by atoms with Crippen molar-refractivity contribution >= 4 is 19.7 Å². The quantitative estimate of drug-likeness (QED) is 0.0205. The minimum Gasteiger partial charge on any atom is -0.456 e. The highest BCUT2D eigenvalue weighted by Crippen LogP contribution is 2.43. The first-order valence-corrected chi connectivity index (χ1v) is 36.7. The van der Waals surface area contributed by atoms with Crippen molar-refractivity contribution in [1.82, 2.24) is 5.32 Å². The van der Waals surface area contributed by atoms with Crippen LogP contribution in [0.4, 0.5) is 0 Å². The second kappa shape index (κ2) is 63.7. The molecule has 1 amide bonds. The maximum atomic E-state index is 13.6. The first-order chi connectivity index (χ1) is 41.4. The van der Waals surface area contributed by atoms with Crippen molar-refractivity contribution in [2.45, 2.75) is 315 Å². The lowest BCUT2D eigenvalue weighted by atomic mass is 10.0. The molecule has 0 bridgehead atoms. The fourth-order valence-electron chi connectivity index (χ4n) is 9.73. The molecule has 9 nitrogen and oxygen atoms in total. The summed E-state index contributed by atoms with van der Waals surface area (Å²) < 4.78 is 30.8. The van der Waals surface area contributed by atoms with Gasteiger partial charge in [0.15, 0.2) is 0 Å². The van der Waals surface area contributed by atoms with E-state index in [1.807, 2.05) is 33.3 Å². The van der Waals surface area contributed by atoms with E-state index in [0.717, 1.165) is 116 Å². The Morgan fingerprint density at radius 1 is 0.412 bits per heavy atom. The van der Waals surface area contributed by atoms with Crippen LogP contribution in [0, 0.1) is 0 Å². The van der Waals surface area contributed by atoms with E-state index in [4.69, 9.17) is 13.8 Å². The number of phosphoric ester groups is 1. The zero-order valence-corrected chi connectivity index (χ0v) is 57.0. The Hall–Kier alpha value is -3.33. The summed E-state index contributed by atoms with van der Waals surface area (Å²) in [4.78, 5) is 37.9. The smallest absolute Gasteiger partial charge is 0.456 e. The van der Waals surface area contributed by atoms with Gasteiger partial charge in [-0.1, -0.05) is 278 Å². The van der Waals surface area contributed by atoms with E-state index in [-0.39, 0.29) is 31.5 Å². The Morgan fingerprint density at radius 3 is 1.09 bits per heavy atom. The predicted molar refractivity (Wildman–Crippen MR) is 369 cm³/mol. The molecule has 10 heteroatoms. The van der Waals surface area contributed by atoms with E-state index in [1.165, 1.54) is 148 Å². The van der Waals surface area contributed by atoms with Gasteiger partial charge in [-0.05, 0) is 122 Å². The highest BCUT2D eigenvalue weighted by Gasteiger charge is 2.30. The normalized spacial score (nSPS) is 14.2. The summed E-state index contributed by atoms with van der Waals surface area (Å²) in [5.41, 5.74) is 0. The number of carbonyl (C=O) groups is 2. The number of nitrogens with zero attached hydrogens (tertiary/aromatic N) is 1. The molecular weight excluding hydrogens is 1070 g/mol. The Kier molecular flexibility index (Phi) is 61.2. The molecule has 2 N–H and O–H groups in total. The second-order valence-electron chi connectivity index (χ2n) is 24.7. The Balaban J connectivity index is 5.08. The number of likely N-dealkylation sites (N-methyl/N-ethyl adjacent to an activating group) is 1. The fourth-order valence-corrected chi connectivity index (χ4v) is 10.5. The van der Waals surface area contributed by atoms with Crippen molar-refractivity contribution < 1.29 is 37.3 Å². The first kappa shape index (κ1) is 81.7. The molecule has 85 heavy (non-hydrogen) atoms. The minimum absolute atomic E-state index is 0.0315. The van der Waals surface area contributed by atoms with Gasteiger partial charge in [-0.2, -0.15) is 0 Å². The van der Waals surface area contributed by atoms with Crippen LogP contribution in [0.1, 0.15) is 303 Å². The standard InChI is InChI=1S/C75H133N2O7P/c1-7-10-13-16-19-22-25-27-29-31-33-35-36-37-38-39-40-42-43-45-47-49-52-55-58-61-64-67-74(78)76-72(71-83-85(80,81)82-70-69-77(4,5)6)73(66-63-60-57-54-51-24-21-18-15-12-9-3)84-75(79)68-65-62-59-56-53-50-48-46-44-41-34-32-30-28-26-23-20-17-14-11-8-2/h19-20,22-23,27-30,33-35,37-38,41,46,48,63,66,72-73H,7-18,21,24-26,31-32,36,39-40,42-45,47,49-62,64-65,67-71H2,1-6H3,(H-,76,78,80,81)/p+1/b22-19-,23-20-,29-27-,30-28-,35-33-,38-37-,41-34-,48-46-,66-63-. The molecular formula is C75H134N2O7P+. The zero-order chi connectivity index (χ0) is 62.1. The van der Waals surface area contributed by atoms with Crippen molar-refractivity contribution in [2.75, 3.05) is 40.9 Å². The van der Waals surface area contributed by atoms with E-state index in [9.17, 15) is 19.0 Å². The molecule has 0 aromatic rings. The third kappa shape index (κ3) is 65.0. The molecule has 0 aliphatic carbocycles. The zero-order valence-electron chi connectivity index (χ0n) is 56.1. The Bertz CT molecular complexity index is 1820. The average Bonchev–Trinajstić information content (AvgIpc) is 3.64. The molecule has 0 aromatic carbocycles. The van der Waals surface area contributed by atoms with Crippen LogP contribution in [-0.2, 0) is 27.9 Å². The highest BCUT2D eigenvalue weighted by molar-refractivity contribution is 7.47. The largest absolute Gasteiger partial charge is 0.472 e. The third-order valence-electron chi connectivity index (χ3n) is 15.2. The first-order valence-electron chi connectivity index (χ1n) is 35.2. The van der Waals surface area contributed by atoms with E-state index in [0.29, 0.717) is 23.9 Å². The van der Waals surface area contributed by atoms with Crippen LogP contribution in [0.5, 0.6) is 0 Å². The number of amides is 1. The van der Waals surface area contributed by atoms with Crippen LogP contribution < -0.4 is 5.32 Å². The summed E-state index contributed by atoms with van der Waals surface area (Å²) in [7, 11) is 1.47. The number of unbranched alkanes of at least 4 members (excludes halogenated alkanes) is 31. The van der Waals surface area contributed by atoms with Crippen molar-refractivity contribution in [3.05, 3.63) is 109 Å². The lowest BCUT2D eigenvalue weighted by Crippen LogP contribution is -2.47. The average molecular weight is 1210 g/mol. The van der Waals surface area contributed by atoms with Crippen LogP contribution in [0.2, 0.25) is 0 Å². The van der Waals surface area contributed by atoms with E-state index < -0.39 is 20.0 Å². The molecule has 3 unspecified atom stereocenters. The van der Waals surface area contributed by atoms with Gasteiger partial charge in [0.05, 0.1) is 33.8 Å². The molecule has 0 spiro atoms. The van der Waals surface area contributed by atoms with Crippen molar-refractivity contribution in [3.63, 3.8) is 0 Å². The number of hydrogen-bond acceptors (Lipinski definition) is 6. The topological polar surface area (TPSA) is 111 Å². The fraction of sp³-hybridized carbons (Fsp3) is 0.733. The van der Waals surface area contributed by atoms with E-state index >= 15 is 0 Å². The molecule has 0 heterocycles. The van der Waals surface area contributed by atoms with Gasteiger partial charge in [-0.3, -0.25) is 18.6 Å². The van der Waals surface area contributed by atoms with Crippen molar-refractivity contribution in [1.29, 1.82) is 0 Å². The van der Waals surface area contributed by atoms with Gasteiger partial charge in [-0.25, -0.2) is 4.57 Å². The summed E-state index contributed by atoms with van der Waals surface area (Å²) in [6.45, 7) is 6.94. The molecule has 0 rings (SSSR count). The lowest BCUT2D eigenvalue weighted by molar-refractivity contribution is -0.870. The van der Waals surface area contributed by atoms with Gasteiger partial charge in [0, 0.05) is 12.8 Å². The number of allylic oxidation sites excluding steroid dienone is 17. The second-order valence-corrected chi connectivity index (χ2v) is 26.1. The number of nitrogens with one attached hydrogen (secondary N) is 1. The maximum absolute atomic E-state index is 13.6. The summed E-state index contributed by atoms with van der Waals surface area (Å²) in [5.74, 6) is -0.530. The third-order valence-corrected chi connectivity index (χ3v) is 16.2. The lowest BCUT2D eigenvalue weighted by Gasteiger charge is -2.27. The van der Waals surface area contributed by atoms with Gasteiger partial charge >= 0.3 is 13.8 Å². The molecule has 0 aromatic heterocycles. The molecule has 0 aliphatic heterocycles. The maximum Gasteiger partial charge on any atom is 0.472 e. The highest BCUT2D eigenvalue weighted by atomic mass is 31.2. The number of phosphoric acid groups is 1. The van der Waals surface area contributed by atoms with Crippen LogP contribution >= 0.6 is 7.82 Å². The summed E-state index contributed by atoms with van der Waals surface area (Å²) in [6, 6.07) is -0.865. The van der Waals surface area contributed by atoms with Gasteiger partial charge in [-0.15, -0.1) is 0 Å². The van der Waals surface area contributed by atoms with Gasteiger partial charge in [0.1, 0.15) is 19.3 Å². The summed E-state index contributed by atoms with van der Waals surface area (Å²) in [5, 5.41) is 3.06. The van der Waals surface area contributed by atoms with Crippen LogP contribution in [-0.4, -0.2) is 74.3 Å². The number of carbonyl (C=O) groups excluding carboxylic acids is 2. The summed E-state index contributed by atoms with van der Waals surface area (Å²) >= 11 is 0. The molecule has 0 aliphatic rings. The van der Waals surface area contributed by atoms with Gasteiger partial charge in [0.25, 0.3) is 0 Å². The van der Waals surface area contributed by atoms with Gasteiger partial charge < -0.3 is 19.4 Å². The molecule has 0 saturated heterocycles. The molecule has 0 radical (unpaired) electrons. The molecule has 0 fully saturated rings. The van der Waals surface area contributed by atoms with Crippen molar-refractivity contribution in [3.8, 4) is 0 Å². The van der Waals surface area contributed by atoms with E-state index in [1.54, 1.807) is 0 Å². The van der Waals surface area contributed by atoms with Crippen LogP contribution in [0.3, 0.4) is 0 Å². The number of quaternary nitrogens is 1. The molecule has 3 atom stereocenters. The monoisotopic (exact) mass is 1210 g/mol.